The lowest BCUT2D eigenvalue weighted by Gasteiger charge is -2.10. The molecular formula is C19H18ClNO3. The van der Waals surface area contributed by atoms with Gasteiger partial charge in [-0.15, -0.1) is 12.4 Å². The maximum absolute atomic E-state index is 10.9. The van der Waals surface area contributed by atoms with E-state index in [0.29, 0.717) is 6.42 Å². The quantitative estimate of drug-likeness (QED) is 0.748. The van der Waals surface area contributed by atoms with Crippen molar-refractivity contribution in [1.29, 1.82) is 0 Å². The lowest BCUT2D eigenvalue weighted by molar-refractivity contribution is -0.136. The molecule has 0 bridgehead atoms. The van der Waals surface area contributed by atoms with Gasteiger partial charge in [0, 0.05) is 17.4 Å². The number of pyridine rings is 1. The Hall–Kier alpha value is -2.59. The van der Waals surface area contributed by atoms with E-state index in [0.717, 1.165) is 33.5 Å². The molecule has 0 saturated heterocycles. The van der Waals surface area contributed by atoms with Gasteiger partial charge in [0.15, 0.2) is 0 Å². The van der Waals surface area contributed by atoms with Crippen molar-refractivity contribution in [1.82, 2.24) is 4.98 Å². The standard InChI is InChI=1S/C19H17NO3.ClH/c1-23-15-6-4-5-14(11-15)18-12-13(9-10-19(21)22)16-7-2-3-8-17(16)20-18;/h2-8,11-12H,9-10H2,1H3,(H,21,22);1H. The molecule has 0 spiro atoms. The van der Waals surface area contributed by atoms with E-state index in [1.165, 1.54) is 0 Å². The first-order valence-electron chi connectivity index (χ1n) is 7.42. The number of hydrogen-bond donors (Lipinski definition) is 1. The molecule has 0 aliphatic heterocycles. The van der Waals surface area contributed by atoms with Gasteiger partial charge in [-0.3, -0.25) is 4.79 Å². The zero-order valence-electron chi connectivity index (χ0n) is 13.2. The van der Waals surface area contributed by atoms with Gasteiger partial charge in [0.1, 0.15) is 5.75 Å². The summed E-state index contributed by atoms with van der Waals surface area (Å²) in [5, 5.41) is 9.97. The van der Waals surface area contributed by atoms with Crippen LogP contribution in [0.2, 0.25) is 0 Å². The molecular weight excluding hydrogens is 326 g/mol. The predicted octanol–water partition coefficient (Wildman–Crippen LogP) is 4.35. The van der Waals surface area contributed by atoms with E-state index in [9.17, 15) is 4.79 Å². The number of benzene rings is 2. The van der Waals surface area contributed by atoms with Gasteiger partial charge in [-0.25, -0.2) is 4.98 Å². The topological polar surface area (TPSA) is 59.4 Å². The van der Waals surface area contributed by atoms with Gasteiger partial charge in [-0.2, -0.15) is 0 Å². The Morgan fingerprint density at radius 2 is 1.92 bits per heavy atom. The molecule has 0 aliphatic carbocycles. The average Bonchev–Trinajstić information content (AvgIpc) is 2.59. The Morgan fingerprint density at radius 1 is 1.12 bits per heavy atom. The molecule has 0 unspecified atom stereocenters. The summed E-state index contributed by atoms with van der Waals surface area (Å²) in [7, 11) is 1.63. The van der Waals surface area contributed by atoms with Crippen LogP contribution in [0.4, 0.5) is 0 Å². The lowest BCUT2D eigenvalue weighted by Crippen LogP contribution is -1.99. The second kappa shape index (κ2) is 7.79. The fourth-order valence-corrected chi connectivity index (χ4v) is 2.63. The van der Waals surface area contributed by atoms with Gasteiger partial charge >= 0.3 is 5.97 Å². The summed E-state index contributed by atoms with van der Waals surface area (Å²) in [4.78, 5) is 15.6. The van der Waals surface area contributed by atoms with Crippen molar-refractivity contribution in [3.05, 3.63) is 60.2 Å². The van der Waals surface area contributed by atoms with E-state index in [1.807, 2.05) is 54.6 Å². The predicted molar refractivity (Wildman–Crippen MR) is 96.9 cm³/mol. The summed E-state index contributed by atoms with van der Waals surface area (Å²) in [5.41, 5.74) is 3.64. The van der Waals surface area contributed by atoms with E-state index in [1.54, 1.807) is 7.11 Å². The number of carboxylic acids is 1. The van der Waals surface area contributed by atoms with Crippen molar-refractivity contribution < 1.29 is 14.6 Å². The van der Waals surface area contributed by atoms with Gasteiger partial charge in [0.25, 0.3) is 0 Å². The van der Waals surface area contributed by atoms with Crippen LogP contribution in [0, 0.1) is 0 Å². The Kier molecular flexibility index (Phi) is 5.77. The highest BCUT2D eigenvalue weighted by atomic mass is 35.5. The van der Waals surface area contributed by atoms with E-state index in [4.69, 9.17) is 14.8 Å². The molecule has 0 saturated carbocycles. The van der Waals surface area contributed by atoms with Crippen LogP contribution in [0.1, 0.15) is 12.0 Å². The van der Waals surface area contributed by atoms with Gasteiger partial charge < -0.3 is 9.84 Å². The Balaban J connectivity index is 0.00000208. The first kappa shape index (κ1) is 17.8. The summed E-state index contributed by atoms with van der Waals surface area (Å²) in [6, 6.07) is 17.5. The number of hydrogen-bond acceptors (Lipinski definition) is 3. The maximum Gasteiger partial charge on any atom is 0.303 e. The molecule has 24 heavy (non-hydrogen) atoms. The number of aryl methyl sites for hydroxylation is 1. The van der Waals surface area contributed by atoms with Crippen LogP contribution in [-0.4, -0.2) is 23.2 Å². The number of nitrogens with zero attached hydrogens (tertiary/aromatic N) is 1. The average molecular weight is 344 g/mol. The van der Waals surface area contributed by atoms with Gasteiger partial charge in [0.2, 0.25) is 0 Å². The molecule has 124 valence electrons. The van der Waals surface area contributed by atoms with Gasteiger partial charge in [-0.05, 0) is 36.2 Å². The molecule has 4 nitrogen and oxygen atoms in total. The van der Waals surface area contributed by atoms with Crippen molar-refractivity contribution in [2.24, 2.45) is 0 Å². The van der Waals surface area contributed by atoms with Crippen molar-refractivity contribution in [2.45, 2.75) is 12.8 Å². The second-order valence-corrected chi connectivity index (χ2v) is 5.31. The summed E-state index contributed by atoms with van der Waals surface area (Å²) < 4.78 is 5.27. The molecule has 1 aromatic heterocycles. The van der Waals surface area contributed by atoms with Crippen LogP contribution < -0.4 is 4.74 Å². The fourth-order valence-electron chi connectivity index (χ4n) is 2.63. The summed E-state index contributed by atoms with van der Waals surface area (Å²) in [5.74, 6) is -0.0293. The molecule has 0 amide bonds. The smallest absolute Gasteiger partial charge is 0.303 e. The van der Waals surface area contributed by atoms with E-state index >= 15 is 0 Å². The highest BCUT2D eigenvalue weighted by molar-refractivity contribution is 5.86. The number of aliphatic carboxylic acids is 1. The van der Waals surface area contributed by atoms with Crippen molar-refractivity contribution in [3.63, 3.8) is 0 Å². The molecule has 2 aromatic carbocycles. The minimum absolute atomic E-state index is 0. The summed E-state index contributed by atoms with van der Waals surface area (Å²) in [6.07, 6.45) is 0.584. The first-order chi connectivity index (χ1) is 11.2. The molecule has 0 fully saturated rings. The first-order valence-corrected chi connectivity index (χ1v) is 7.42. The fraction of sp³-hybridized carbons (Fsp3) is 0.158. The van der Waals surface area contributed by atoms with E-state index in [-0.39, 0.29) is 18.8 Å². The minimum atomic E-state index is -0.797. The third kappa shape index (κ3) is 3.84. The van der Waals surface area contributed by atoms with Gasteiger partial charge in [-0.1, -0.05) is 30.3 Å². The summed E-state index contributed by atoms with van der Waals surface area (Å²) in [6.45, 7) is 0. The highest BCUT2D eigenvalue weighted by Gasteiger charge is 2.09. The molecule has 3 rings (SSSR count). The molecule has 1 heterocycles. The van der Waals surface area contributed by atoms with E-state index < -0.39 is 5.97 Å². The number of aromatic nitrogens is 1. The maximum atomic E-state index is 10.9. The van der Waals surface area contributed by atoms with Crippen LogP contribution in [0.25, 0.3) is 22.2 Å². The molecule has 0 aliphatic rings. The van der Waals surface area contributed by atoms with Gasteiger partial charge in [0.05, 0.1) is 18.3 Å². The molecule has 0 atom stereocenters. The Labute approximate surface area is 146 Å². The monoisotopic (exact) mass is 343 g/mol. The number of halogens is 1. The number of ether oxygens (including phenoxy) is 1. The van der Waals surface area contributed by atoms with Crippen molar-refractivity contribution in [2.75, 3.05) is 7.11 Å². The number of carboxylic acid groups (broad SMARTS) is 1. The minimum Gasteiger partial charge on any atom is -0.497 e. The van der Waals surface area contributed by atoms with Crippen molar-refractivity contribution in [3.8, 4) is 17.0 Å². The highest BCUT2D eigenvalue weighted by Crippen LogP contribution is 2.27. The van der Waals surface area contributed by atoms with Crippen molar-refractivity contribution >= 4 is 29.3 Å². The van der Waals surface area contributed by atoms with Crippen LogP contribution in [0.5, 0.6) is 5.75 Å². The Morgan fingerprint density at radius 3 is 2.67 bits per heavy atom. The SMILES string of the molecule is COc1cccc(-c2cc(CCC(=O)O)c3ccccc3n2)c1.Cl. The molecule has 5 heteroatoms. The summed E-state index contributed by atoms with van der Waals surface area (Å²) >= 11 is 0. The largest absolute Gasteiger partial charge is 0.497 e. The Bertz CT molecular complexity index is 864. The third-order valence-corrected chi connectivity index (χ3v) is 3.78. The number of rotatable bonds is 5. The number of methoxy groups -OCH3 is 1. The molecule has 0 radical (unpaired) electrons. The van der Waals surface area contributed by atoms with E-state index in [2.05, 4.69) is 0 Å². The zero-order valence-corrected chi connectivity index (χ0v) is 14.0. The van der Waals surface area contributed by atoms with Crippen LogP contribution in [0.3, 0.4) is 0 Å². The molecule has 1 N–H and O–H groups in total. The third-order valence-electron chi connectivity index (χ3n) is 3.78. The van der Waals surface area contributed by atoms with Crippen LogP contribution in [-0.2, 0) is 11.2 Å². The number of carbonyl (C=O) groups is 1. The second-order valence-electron chi connectivity index (χ2n) is 5.31. The van der Waals surface area contributed by atoms with Crippen LogP contribution in [0.15, 0.2) is 54.6 Å². The van der Waals surface area contributed by atoms with Crippen LogP contribution >= 0.6 is 12.4 Å². The number of fused-ring (bicyclic) bond motifs is 1. The normalized spacial score (nSPS) is 10.2. The molecule has 3 aromatic rings. The lowest BCUT2D eigenvalue weighted by atomic mass is 10.0. The number of para-hydroxylation sites is 1. The zero-order chi connectivity index (χ0) is 16.2.